The number of allylic oxidation sites excluding steroid dienone is 2. The SMILES string of the molecule is C=C=C/C=C/C(C)(C)O. The van der Waals surface area contributed by atoms with Gasteiger partial charge in [0.05, 0.1) is 5.60 Å². The van der Waals surface area contributed by atoms with Gasteiger partial charge in [0, 0.05) is 0 Å². The molecular formula is C8H12O. The van der Waals surface area contributed by atoms with Crippen LogP contribution in [0.5, 0.6) is 0 Å². The second kappa shape index (κ2) is 3.29. The zero-order chi connectivity index (χ0) is 7.33. The summed E-state index contributed by atoms with van der Waals surface area (Å²) < 4.78 is 0. The summed E-state index contributed by atoms with van der Waals surface area (Å²) in [7, 11) is 0. The van der Waals surface area contributed by atoms with Crippen molar-refractivity contribution < 1.29 is 5.11 Å². The lowest BCUT2D eigenvalue weighted by Crippen LogP contribution is -2.13. The maximum atomic E-state index is 9.09. The second-order valence-electron chi connectivity index (χ2n) is 2.38. The molecule has 0 aromatic heterocycles. The van der Waals surface area contributed by atoms with Crippen LogP contribution in [0.2, 0.25) is 0 Å². The zero-order valence-electron chi connectivity index (χ0n) is 5.89. The Bertz CT molecular complexity index is 142. The summed E-state index contributed by atoms with van der Waals surface area (Å²) in [6.07, 6.45) is 5.04. The number of hydrogen-bond donors (Lipinski definition) is 1. The van der Waals surface area contributed by atoms with Gasteiger partial charge in [0.25, 0.3) is 0 Å². The van der Waals surface area contributed by atoms with E-state index in [4.69, 9.17) is 5.11 Å². The van der Waals surface area contributed by atoms with Crippen molar-refractivity contribution >= 4 is 0 Å². The molecule has 50 valence electrons. The maximum Gasteiger partial charge on any atom is 0.0774 e. The molecule has 1 N–H and O–H groups in total. The van der Waals surface area contributed by atoms with Crippen LogP contribution in [0.1, 0.15) is 13.8 Å². The monoisotopic (exact) mass is 124 g/mol. The van der Waals surface area contributed by atoms with Crippen molar-refractivity contribution in [3.8, 4) is 0 Å². The molecule has 0 aromatic carbocycles. The molecule has 0 aliphatic heterocycles. The Morgan fingerprint density at radius 3 is 2.44 bits per heavy atom. The molecule has 1 nitrogen and oxygen atoms in total. The highest BCUT2D eigenvalue weighted by Gasteiger charge is 2.03. The van der Waals surface area contributed by atoms with Gasteiger partial charge < -0.3 is 5.11 Å². The Kier molecular flexibility index (Phi) is 3.00. The van der Waals surface area contributed by atoms with E-state index in [1.807, 2.05) is 0 Å². The van der Waals surface area contributed by atoms with Crippen LogP contribution in [-0.4, -0.2) is 10.7 Å². The van der Waals surface area contributed by atoms with E-state index in [1.165, 1.54) is 0 Å². The molecule has 0 aliphatic rings. The van der Waals surface area contributed by atoms with Crippen LogP contribution >= 0.6 is 0 Å². The summed E-state index contributed by atoms with van der Waals surface area (Å²) in [5.74, 6) is 0. The van der Waals surface area contributed by atoms with E-state index in [2.05, 4.69) is 12.3 Å². The minimum absolute atomic E-state index is 0.729. The third-order valence-corrected chi connectivity index (χ3v) is 0.718. The summed E-state index contributed by atoms with van der Waals surface area (Å²) in [6, 6.07) is 0. The van der Waals surface area contributed by atoms with E-state index in [1.54, 1.807) is 32.1 Å². The summed E-state index contributed by atoms with van der Waals surface area (Å²) in [5.41, 5.74) is 1.84. The predicted octanol–water partition coefficient (Wildman–Crippen LogP) is 1.65. The summed E-state index contributed by atoms with van der Waals surface area (Å²) >= 11 is 0. The highest BCUT2D eigenvalue weighted by Crippen LogP contribution is 2.01. The topological polar surface area (TPSA) is 20.2 Å². The molecule has 0 amide bonds. The van der Waals surface area contributed by atoms with Gasteiger partial charge in [0.2, 0.25) is 0 Å². The van der Waals surface area contributed by atoms with E-state index >= 15 is 0 Å². The second-order valence-corrected chi connectivity index (χ2v) is 2.38. The average molecular weight is 124 g/mol. The van der Waals surface area contributed by atoms with Gasteiger partial charge in [-0.1, -0.05) is 18.7 Å². The molecule has 0 atom stereocenters. The Balaban J connectivity index is 3.85. The molecule has 0 rings (SSSR count). The molecule has 0 aliphatic carbocycles. The van der Waals surface area contributed by atoms with Gasteiger partial charge in [-0.2, -0.15) is 0 Å². The lowest BCUT2D eigenvalue weighted by atomic mass is 10.1. The van der Waals surface area contributed by atoms with Crippen LogP contribution in [0.4, 0.5) is 0 Å². The Morgan fingerprint density at radius 2 is 2.11 bits per heavy atom. The van der Waals surface area contributed by atoms with E-state index in [0.717, 1.165) is 0 Å². The van der Waals surface area contributed by atoms with E-state index in [-0.39, 0.29) is 0 Å². The van der Waals surface area contributed by atoms with Crippen molar-refractivity contribution in [3.05, 3.63) is 30.5 Å². The summed E-state index contributed by atoms with van der Waals surface area (Å²) in [6.45, 7) is 6.78. The van der Waals surface area contributed by atoms with Gasteiger partial charge in [-0.05, 0) is 19.9 Å². The fraction of sp³-hybridized carbons (Fsp3) is 0.375. The van der Waals surface area contributed by atoms with Gasteiger partial charge in [0.1, 0.15) is 0 Å². The van der Waals surface area contributed by atoms with Crippen LogP contribution in [0, 0.1) is 0 Å². The predicted molar refractivity (Wildman–Crippen MR) is 39.1 cm³/mol. The minimum Gasteiger partial charge on any atom is -0.386 e. The number of aliphatic hydroxyl groups is 1. The quantitative estimate of drug-likeness (QED) is 0.438. The molecule has 9 heavy (non-hydrogen) atoms. The Labute approximate surface area is 56.0 Å². The molecule has 0 saturated heterocycles. The molecule has 0 radical (unpaired) electrons. The maximum absolute atomic E-state index is 9.09. The first-order valence-corrected chi connectivity index (χ1v) is 2.82. The lowest BCUT2D eigenvalue weighted by molar-refractivity contribution is 0.133. The smallest absolute Gasteiger partial charge is 0.0774 e. The van der Waals surface area contributed by atoms with Gasteiger partial charge in [-0.15, -0.1) is 5.73 Å². The highest BCUT2D eigenvalue weighted by atomic mass is 16.3. The molecule has 1 heteroatoms. The van der Waals surface area contributed by atoms with Crippen molar-refractivity contribution in [2.75, 3.05) is 0 Å². The molecule has 0 fully saturated rings. The van der Waals surface area contributed by atoms with Crippen LogP contribution in [0.25, 0.3) is 0 Å². The zero-order valence-corrected chi connectivity index (χ0v) is 5.89. The van der Waals surface area contributed by atoms with Crippen LogP contribution in [-0.2, 0) is 0 Å². The van der Waals surface area contributed by atoms with Gasteiger partial charge in [0.15, 0.2) is 0 Å². The van der Waals surface area contributed by atoms with E-state index < -0.39 is 5.60 Å². The molecule has 0 heterocycles. The third-order valence-electron chi connectivity index (χ3n) is 0.718. The molecule has 0 aromatic rings. The van der Waals surface area contributed by atoms with Crippen LogP contribution in [0.15, 0.2) is 30.5 Å². The Morgan fingerprint density at radius 1 is 1.56 bits per heavy atom. The number of hydrogen-bond acceptors (Lipinski definition) is 1. The van der Waals surface area contributed by atoms with Gasteiger partial charge >= 0.3 is 0 Å². The van der Waals surface area contributed by atoms with Crippen LogP contribution in [0.3, 0.4) is 0 Å². The third kappa shape index (κ3) is 7.22. The summed E-state index contributed by atoms with van der Waals surface area (Å²) in [4.78, 5) is 0. The van der Waals surface area contributed by atoms with E-state index in [9.17, 15) is 0 Å². The molecule has 0 saturated carbocycles. The summed E-state index contributed by atoms with van der Waals surface area (Å²) in [5, 5.41) is 9.09. The van der Waals surface area contributed by atoms with Gasteiger partial charge in [-0.25, -0.2) is 0 Å². The van der Waals surface area contributed by atoms with Crippen LogP contribution < -0.4 is 0 Å². The highest BCUT2D eigenvalue weighted by molar-refractivity contribution is 5.06. The van der Waals surface area contributed by atoms with Gasteiger partial charge in [-0.3, -0.25) is 0 Å². The first kappa shape index (κ1) is 8.22. The normalized spacial score (nSPS) is 11.4. The molecule has 0 spiro atoms. The fourth-order valence-corrected chi connectivity index (χ4v) is 0.352. The average Bonchev–Trinajstić information content (AvgIpc) is 1.63. The fourth-order valence-electron chi connectivity index (χ4n) is 0.352. The Hall–Kier alpha value is -0.780. The minimum atomic E-state index is -0.729. The molecule has 0 bridgehead atoms. The first-order valence-electron chi connectivity index (χ1n) is 2.82. The van der Waals surface area contributed by atoms with Crippen molar-refractivity contribution in [2.45, 2.75) is 19.4 Å². The standard InChI is InChI=1S/C8H12O/c1-4-5-6-7-8(2,3)9/h5-7,9H,1H2,2-3H3/b7-6+. The van der Waals surface area contributed by atoms with Crippen molar-refractivity contribution in [3.63, 3.8) is 0 Å². The van der Waals surface area contributed by atoms with E-state index in [0.29, 0.717) is 0 Å². The van der Waals surface area contributed by atoms with Crippen molar-refractivity contribution in [1.29, 1.82) is 0 Å². The molecule has 0 unspecified atom stereocenters. The first-order chi connectivity index (χ1) is 4.06. The van der Waals surface area contributed by atoms with Crippen molar-refractivity contribution in [1.82, 2.24) is 0 Å². The largest absolute Gasteiger partial charge is 0.386 e. The molecular weight excluding hydrogens is 112 g/mol. The lowest BCUT2D eigenvalue weighted by Gasteiger charge is -2.08. The van der Waals surface area contributed by atoms with Crippen molar-refractivity contribution in [2.24, 2.45) is 0 Å². The number of rotatable bonds is 2.